The Bertz CT molecular complexity index is 590. The molecule has 122 valence electrons. The molecule has 6 nitrogen and oxygen atoms in total. The summed E-state index contributed by atoms with van der Waals surface area (Å²) in [5, 5.41) is 3.26. The average Bonchev–Trinajstić information content (AvgIpc) is 2.76. The van der Waals surface area contributed by atoms with Gasteiger partial charge in [-0.3, -0.25) is 4.79 Å². The van der Waals surface area contributed by atoms with Gasteiger partial charge in [-0.2, -0.15) is 0 Å². The summed E-state index contributed by atoms with van der Waals surface area (Å²) < 4.78 is 28.2. The Balaban J connectivity index is 1.79. The smallest absolute Gasteiger partial charge is 0.226 e. The third kappa shape index (κ3) is 4.99. The summed E-state index contributed by atoms with van der Waals surface area (Å²) >= 11 is 0. The standard InChI is InChI=1S/C15H22N2O4S/c1-22(19,20)14-5-3-13(4-6-14)21-12-7-15(18)17-10-2-8-16-9-11-17/h3-6,16H,2,7-12H2,1H3. The van der Waals surface area contributed by atoms with E-state index in [1.807, 2.05) is 4.90 Å². The van der Waals surface area contributed by atoms with Crippen LogP contribution in [-0.2, 0) is 14.6 Å². The van der Waals surface area contributed by atoms with E-state index in [-0.39, 0.29) is 10.8 Å². The van der Waals surface area contributed by atoms with Crippen molar-refractivity contribution in [3.8, 4) is 5.75 Å². The summed E-state index contributed by atoms with van der Waals surface area (Å²) in [4.78, 5) is 14.2. The highest BCUT2D eigenvalue weighted by Crippen LogP contribution is 2.16. The van der Waals surface area contributed by atoms with Gasteiger partial charge in [-0.15, -0.1) is 0 Å². The number of benzene rings is 1. The summed E-state index contributed by atoms with van der Waals surface area (Å²) in [6.07, 6.45) is 2.46. The number of hydrogen-bond donors (Lipinski definition) is 1. The van der Waals surface area contributed by atoms with E-state index in [2.05, 4.69) is 5.32 Å². The van der Waals surface area contributed by atoms with Gasteiger partial charge < -0.3 is 15.0 Å². The molecule has 1 N–H and O–H groups in total. The van der Waals surface area contributed by atoms with E-state index in [1.54, 1.807) is 12.1 Å². The van der Waals surface area contributed by atoms with Gasteiger partial charge in [0, 0.05) is 25.9 Å². The molecular formula is C15H22N2O4S. The van der Waals surface area contributed by atoms with E-state index in [4.69, 9.17) is 4.74 Å². The minimum absolute atomic E-state index is 0.0939. The lowest BCUT2D eigenvalue weighted by Gasteiger charge is -2.19. The van der Waals surface area contributed by atoms with Crippen molar-refractivity contribution in [3.05, 3.63) is 24.3 Å². The largest absolute Gasteiger partial charge is 0.493 e. The third-order valence-electron chi connectivity index (χ3n) is 3.53. The van der Waals surface area contributed by atoms with Gasteiger partial charge in [-0.25, -0.2) is 8.42 Å². The second kappa shape index (κ2) is 7.60. The lowest BCUT2D eigenvalue weighted by atomic mass is 10.3. The molecule has 1 aliphatic heterocycles. The summed E-state index contributed by atoms with van der Waals surface area (Å²) in [6.45, 7) is 3.60. The van der Waals surface area contributed by atoms with Crippen molar-refractivity contribution >= 4 is 15.7 Å². The molecular weight excluding hydrogens is 304 g/mol. The molecule has 7 heteroatoms. The molecule has 0 saturated carbocycles. The second-order valence-electron chi connectivity index (χ2n) is 5.33. The first-order valence-corrected chi connectivity index (χ1v) is 9.27. The summed E-state index contributed by atoms with van der Waals surface area (Å²) in [7, 11) is -3.19. The number of ether oxygens (including phenoxy) is 1. The monoisotopic (exact) mass is 326 g/mol. The van der Waals surface area contributed by atoms with Crippen LogP contribution in [0.25, 0.3) is 0 Å². The molecule has 1 aromatic carbocycles. The van der Waals surface area contributed by atoms with E-state index < -0.39 is 9.84 Å². The quantitative estimate of drug-likeness (QED) is 0.861. The first-order valence-electron chi connectivity index (χ1n) is 7.38. The molecule has 1 fully saturated rings. The highest BCUT2D eigenvalue weighted by atomic mass is 32.2. The molecule has 2 rings (SSSR count). The molecule has 22 heavy (non-hydrogen) atoms. The number of hydrogen-bond acceptors (Lipinski definition) is 5. The van der Waals surface area contributed by atoms with Crippen LogP contribution >= 0.6 is 0 Å². The fraction of sp³-hybridized carbons (Fsp3) is 0.533. The Hall–Kier alpha value is -1.60. The fourth-order valence-electron chi connectivity index (χ4n) is 2.29. The fourth-order valence-corrected chi connectivity index (χ4v) is 2.92. The highest BCUT2D eigenvalue weighted by molar-refractivity contribution is 7.90. The molecule has 0 bridgehead atoms. The van der Waals surface area contributed by atoms with Crippen molar-refractivity contribution in [1.29, 1.82) is 0 Å². The zero-order valence-electron chi connectivity index (χ0n) is 12.7. The molecule has 0 aromatic heterocycles. The van der Waals surface area contributed by atoms with Gasteiger partial charge in [0.2, 0.25) is 5.91 Å². The van der Waals surface area contributed by atoms with Crippen LogP contribution in [0.1, 0.15) is 12.8 Å². The van der Waals surface area contributed by atoms with Crippen LogP contribution in [0.15, 0.2) is 29.2 Å². The van der Waals surface area contributed by atoms with E-state index >= 15 is 0 Å². The molecule has 0 spiro atoms. The van der Waals surface area contributed by atoms with Crippen molar-refractivity contribution in [2.45, 2.75) is 17.7 Å². The Morgan fingerprint density at radius 2 is 1.95 bits per heavy atom. The van der Waals surface area contributed by atoms with Gasteiger partial charge >= 0.3 is 0 Å². The topological polar surface area (TPSA) is 75.7 Å². The number of amides is 1. The number of nitrogens with one attached hydrogen (secondary N) is 1. The van der Waals surface area contributed by atoms with E-state index in [9.17, 15) is 13.2 Å². The van der Waals surface area contributed by atoms with Crippen molar-refractivity contribution in [1.82, 2.24) is 10.2 Å². The molecule has 0 radical (unpaired) electrons. The maximum Gasteiger partial charge on any atom is 0.226 e. The van der Waals surface area contributed by atoms with Crippen LogP contribution in [0, 0.1) is 0 Å². The molecule has 1 aliphatic rings. The Kier molecular flexibility index (Phi) is 5.79. The molecule has 1 saturated heterocycles. The van der Waals surface area contributed by atoms with Crippen molar-refractivity contribution in [2.24, 2.45) is 0 Å². The molecule has 0 aliphatic carbocycles. The summed E-state index contributed by atoms with van der Waals surface area (Å²) in [6, 6.07) is 6.23. The van der Waals surface area contributed by atoms with Crippen LogP contribution in [0.4, 0.5) is 0 Å². The van der Waals surface area contributed by atoms with Crippen LogP contribution in [0.3, 0.4) is 0 Å². The second-order valence-corrected chi connectivity index (χ2v) is 7.34. The van der Waals surface area contributed by atoms with Gasteiger partial charge in [0.15, 0.2) is 9.84 Å². The predicted molar refractivity (Wildman–Crippen MR) is 83.7 cm³/mol. The van der Waals surface area contributed by atoms with Crippen LogP contribution in [0.2, 0.25) is 0 Å². The van der Waals surface area contributed by atoms with Gasteiger partial charge in [0.25, 0.3) is 0 Å². The van der Waals surface area contributed by atoms with Crippen molar-refractivity contribution < 1.29 is 17.9 Å². The van der Waals surface area contributed by atoms with Crippen LogP contribution in [-0.4, -0.2) is 58.3 Å². The predicted octanol–water partition coefficient (Wildman–Crippen LogP) is 0.681. The van der Waals surface area contributed by atoms with E-state index in [0.717, 1.165) is 38.9 Å². The van der Waals surface area contributed by atoms with Crippen LogP contribution < -0.4 is 10.1 Å². The molecule has 1 amide bonds. The third-order valence-corrected chi connectivity index (χ3v) is 4.66. The maximum absolute atomic E-state index is 12.1. The van der Waals surface area contributed by atoms with Gasteiger partial charge in [0.1, 0.15) is 5.75 Å². The number of sulfone groups is 1. The molecule has 1 aromatic rings. The zero-order valence-corrected chi connectivity index (χ0v) is 13.6. The van der Waals surface area contributed by atoms with Gasteiger partial charge in [-0.1, -0.05) is 0 Å². The number of rotatable bonds is 5. The Labute approximate surface area is 131 Å². The average molecular weight is 326 g/mol. The minimum atomic E-state index is -3.19. The number of carbonyl (C=O) groups is 1. The molecule has 1 heterocycles. The molecule has 0 unspecified atom stereocenters. The SMILES string of the molecule is CS(=O)(=O)c1ccc(OCCC(=O)N2CCCNCC2)cc1. The van der Waals surface area contributed by atoms with E-state index in [1.165, 1.54) is 12.1 Å². The zero-order chi connectivity index (χ0) is 16.0. The summed E-state index contributed by atoms with van der Waals surface area (Å²) in [5.74, 6) is 0.661. The van der Waals surface area contributed by atoms with Crippen LogP contribution in [0.5, 0.6) is 5.75 Å². The Morgan fingerprint density at radius 1 is 1.23 bits per heavy atom. The number of nitrogens with zero attached hydrogens (tertiary/aromatic N) is 1. The van der Waals surface area contributed by atoms with Gasteiger partial charge in [-0.05, 0) is 37.2 Å². The van der Waals surface area contributed by atoms with Crippen molar-refractivity contribution in [2.75, 3.05) is 39.0 Å². The lowest BCUT2D eigenvalue weighted by molar-refractivity contribution is -0.131. The minimum Gasteiger partial charge on any atom is -0.493 e. The van der Waals surface area contributed by atoms with Crippen molar-refractivity contribution in [3.63, 3.8) is 0 Å². The van der Waals surface area contributed by atoms with E-state index in [0.29, 0.717) is 18.8 Å². The summed E-state index contributed by atoms with van der Waals surface area (Å²) in [5.41, 5.74) is 0. The maximum atomic E-state index is 12.1. The molecule has 0 atom stereocenters. The first-order chi connectivity index (χ1) is 10.5. The normalized spacial score (nSPS) is 16.1. The number of carbonyl (C=O) groups excluding carboxylic acids is 1. The van der Waals surface area contributed by atoms with Gasteiger partial charge in [0.05, 0.1) is 17.9 Å². The lowest BCUT2D eigenvalue weighted by Crippen LogP contribution is -2.34. The highest BCUT2D eigenvalue weighted by Gasteiger charge is 2.15. The Morgan fingerprint density at radius 3 is 2.64 bits per heavy atom. The first kappa shape index (κ1) is 16.8.